The molecule has 1 unspecified atom stereocenters. The van der Waals surface area contributed by atoms with Gasteiger partial charge >= 0.3 is 5.97 Å². The summed E-state index contributed by atoms with van der Waals surface area (Å²) in [4.78, 5) is 35.0. The van der Waals surface area contributed by atoms with E-state index in [1.807, 2.05) is 0 Å². The number of nitrogens with one attached hydrogen (secondary N) is 1. The fourth-order valence-electron chi connectivity index (χ4n) is 2.19. The second kappa shape index (κ2) is 6.01. The molecule has 2 rings (SSSR count). The smallest absolute Gasteiger partial charge is 0.338 e. The van der Waals surface area contributed by atoms with Gasteiger partial charge in [0.05, 0.1) is 11.6 Å². The summed E-state index contributed by atoms with van der Waals surface area (Å²) >= 11 is 0. The summed E-state index contributed by atoms with van der Waals surface area (Å²) in [7, 11) is 1.43. The molecule has 1 saturated heterocycles. The molecule has 1 aliphatic heterocycles. The van der Waals surface area contributed by atoms with Crippen LogP contribution in [0.2, 0.25) is 0 Å². The van der Waals surface area contributed by atoms with E-state index in [1.54, 1.807) is 0 Å². The topological polar surface area (TPSA) is 86.7 Å². The number of carbonyl (C=O) groups is 3. The molecule has 7 heteroatoms. The van der Waals surface area contributed by atoms with Crippen LogP contribution in [0.1, 0.15) is 28.8 Å². The Bertz CT molecular complexity index is 603. The highest BCUT2D eigenvalue weighted by Crippen LogP contribution is 2.14. The van der Waals surface area contributed by atoms with Crippen LogP contribution in [-0.2, 0) is 16.1 Å². The molecule has 6 nitrogen and oxygen atoms in total. The van der Waals surface area contributed by atoms with E-state index in [4.69, 9.17) is 5.11 Å². The van der Waals surface area contributed by atoms with Crippen molar-refractivity contribution in [3.8, 4) is 0 Å². The lowest BCUT2D eigenvalue weighted by atomic mass is 10.0. The number of carboxylic acid groups (broad SMARTS) is 1. The van der Waals surface area contributed by atoms with Gasteiger partial charge in [0.1, 0.15) is 5.82 Å². The first-order valence-electron chi connectivity index (χ1n) is 6.45. The minimum Gasteiger partial charge on any atom is -0.478 e. The lowest BCUT2D eigenvalue weighted by molar-refractivity contribution is -0.148. The van der Waals surface area contributed by atoms with Crippen LogP contribution >= 0.6 is 0 Å². The predicted molar refractivity (Wildman–Crippen MR) is 71.0 cm³/mol. The predicted octanol–water partition coefficient (Wildman–Crippen LogP) is 0.761. The largest absolute Gasteiger partial charge is 0.478 e. The standard InChI is InChI=1S/C14H15FN2O4/c1-17-12(18)5-4-11(13(17)19)16-7-8-2-3-9(14(20)21)10(15)6-8/h2-3,6,11,16H,4-5,7H2,1H3,(H,20,21). The molecule has 2 N–H and O–H groups in total. The number of piperidine rings is 1. The Morgan fingerprint density at radius 2 is 2.19 bits per heavy atom. The average molecular weight is 294 g/mol. The van der Waals surface area contributed by atoms with Crippen molar-refractivity contribution in [2.45, 2.75) is 25.4 Å². The van der Waals surface area contributed by atoms with Crippen LogP contribution in [0.3, 0.4) is 0 Å². The molecular formula is C14H15FN2O4. The highest BCUT2D eigenvalue weighted by molar-refractivity contribution is 6.00. The van der Waals surface area contributed by atoms with Gasteiger partial charge in [0.25, 0.3) is 0 Å². The van der Waals surface area contributed by atoms with E-state index in [0.717, 1.165) is 11.0 Å². The van der Waals surface area contributed by atoms with Gasteiger partial charge in [-0.25, -0.2) is 9.18 Å². The number of nitrogens with zero attached hydrogens (tertiary/aromatic N) is 1. The van der Waals surface area contributed by atoms with Crippen molar-refractivity contribution in [3.05, 3.63) is 35.1 Å². The minimum absolute atomic E-state index is 0.213. The van der Waals surface area contributed by atoms with Crippen molar-refractivity contribution >= 4 is 17.8 Å². The van der Waals surface area contributed by atoms with Gasteiger partial charge < -0.3 is 10.4 Å². The number of carbonyl (C=O) groups excluding carboxylic acids is 2. The van der Waals surface area contributed by atoms with E-state index in [0.29, 0.717) is 12.0 Å². The minimum atomic E-state index is -1.32. The maximum Gasteiger partial charge on any atom is 0.338 e. The van der Waals surface area contributed by atoms with Crippen LogP contribution in [-0.4, -0.2) is 40.9 Å². The summed E-state index contributed by atoms with van der Waals surface area (Å²) < 4.78 is 13.5. The van der Waals surface area contributed by atoms with Gasteiger partial charge in [0, 0.05) is 20.0 Å². The summed E-state index contributed by atoms with van der Waals surface area (Å²) in [6, 6.07) is 3.31. The van der Waals surface area contributed by atoms with Gasteiger partial charge in [0.2, 0.25) is 11.8 Å². The second-order valence-corrected chi connectivity index (χ2v) is 4.88. The van der Waals surface area contributed by atoms with Crippen molar-refractivity contribution in [1.82, 2.24) is 10.2 Å². The third-order valence-corrected chi connectivity index (χ3v) is 3.47. The summed E-state index contributed by atoms with van der Waals surface area (Å²) in [5, 5.41) is 11.7. The molecule has 1 aliphatic rings. The molecule has 1 fully saturated rings. The molecule has 0 radical (unpaired) electrons. The van der Waals surface area contributed by atoms with Crippen molar-refractivity contribution < 1.29 is 23.9 Å². The molecule has 112 valence electrons. The molecule has 0 aliphatic carbocycles. The van der Waals surface area contributed by atoms with E-state index < -0.39 is 23.4 Å². The Morgan fingerprint density at radius 1 is 1.48 bits per heavy atom. The zero-order valence-electron chi connectivity index (χ0n) is 11.4. The van der Waals surface area contributed by atoms with Crippen LogP contribution in [0.5, 0.6) is 0 Å². The van der Waals surface area contributed by atoms with E-state index in [2.05, 4.69) is 5.32 Å². The maximum absolute atomic E-state index is 13.5. The number of hydrogen-bond donors (Lipinski definition) is 2. The maximum atomic E-state index is 13.5. The molecule has 0 bridgehead atoms. The average Bonchev–Trinajstić information content (AvgIpc) is 2.44. The van der Waals surface area contributed by atoms with Crippen molar-refractivity contribution in [3.63, 3.8) is 0 Å². The summed E-state index contributed by atoms with van der Waals surface area (Å²) in [5.41, 5.74) is 0.141. The molecule has 2 amide bonds. The van der Waals surface area contributed by atoms with Gasteiger partial charge in [0.15, 0.2) is 0 Å². The Hall–Kier alpha value is -2.28. The van der Waals surface area contributed by atoms with E-state index in [1.165, 1.54) is 19.2 Å². The lowest BCUT2D eigenvalue weighted by Gasteiger charge is -2.28. The first kappa shape index (κ1) is 15.1. The number of halogens is 1. The van der Waals surface area contributed by atoms with E-state index in [9.17, 15) is 18.8 Å². The number of likely N-dealkylation sites (N-methyl/N-ethyl adjacent to an activating group) is 1. The second-order valence-electron chi connectivity index (χ2n) is 4.88. The van der Waals surface area contributed by atoms with Gasteiger partial charge in [-0.15, -0.1) is 0 Å². The summed E-state index contributed by atoms with van der Waals surface area (Å²) in [6.07, 6.45) is 0.684. The Kier molecular flexibility index (Phi) is 4.32. The van der Waals surface area contributed by atoms with Gasteiger partial charge in [-0.05, 0) is 24.1 Å². The van der Waals surface area contributed by atoms with Gasteiger partial charge in [-0.2, -0.15) is 0 Å². The number of likely N-dealkylation sites (tertiary alicyclic amines) is 1. The third-order valence-electron chi connectivity index (χ3n) is 3.47. The van der Waals surface area contributed by atoms with Crippen LogP contribution in [0.25, 0.3) is 0 Å². The molecule has 0 aromatic heterocycles. The lowest BCUT2D eigenvalue weighted by Crippen LogP contribution is -2.51. The fourth-order valence-corrected chi connectivity index (χ4v) is 2.19. The number of amides is 2. The van der Waals surface area contributed by atoms with Gasteiger partial charge in [-0.3, -0.25) is 14.5 Å². The number of rotatable bonds is 4. The van der Waals surface area contributed by atoms with Crippen LogP contribution in [0, 0.1) is 5.82 Å². The molecule has 21 heavy (non-hydrogen) atoms. The highest BCUT2D eigenvalue weighted by atomic mass is 19.1. The Morgan fingerprint density at radius 3 is 2.81 bits per heavy atom. The van der Waals surface area contributed by atoms with Crippen LogP contribution in [0.4, 0.5) is 4.39 Å². The molecular weight excluding hydrogens is 279 g/mol. The highest BCUT2D eigenvalue weighted by Gasteiger charge is 2.31. The molecule has 1 atom stereocenters. The number of hydrogen-bond acceptors (Lipinski definition) is 4. The quantitative estimate of drug-likeness (QED) is 0.801. The van der Waals surface area contributed by atoms with Crippen LogP contribution < -0.4 is 5.32 Å². The van der Waals surface area contributed by atoms with Crippen molar-refractivity contribution in [1.29, 1.82) is 0 Å². The van der Waals surface area contributed by atoms with Crippen LogP contribution in [0.15, 0.2) is 18.2 Å². The zero-order valence-corrected chi connectivity index (χ0v) is 11.4. The molecule has 0 saturated carbocycles. The molecule has 1 aromatic rings. The Labute approximate surface area is 120 Å². The number of benzene rings is 1. The number of imide groups is 1. The van der Waals surface area contributed by atoms with Crippen molar-refractivity contribution in [2.75, 3.05) is 7.05 Å². The van der Waals surface area contributed by atoms with Crippen molar-refractivity contribution in [2.24, 2.45) is 0 Å². The first-order chi connectivity index (χ1) is 9.90. The molecule has 0 spiro atoms. The normalized spacial score (nSPS) is 19.0. The number of aromatic carboxylic acids is 1. The van der Waals surface area contributed by atoms with Gasteiger partial charge in [-0.1, -0.05) is 6.07 Å². The Balaban J connectivity index is 2.00. The molecule has 1 heterocycles. The third kappa shape index (κ3) is 3.25. The van der Waals surface area contributed by atoms with E-state index in [-0.39, 0.29) is 24.8 Å². The number of carboxylic acids is 1. The first-order valence-corrected chi connectivity index (χ1v) is 6.45. The zero-order chi connectivity index (χ0) is 15.6. The SMILES string of the molecule is CN1C(=O)CCC(NCc2ccc(C(=O)O)c(F)c2)C1=O. The summed E-state index contributed by atoms with van der Waals surface area (Å²) in [5.74, 6) is -2.66. The summed E-state index contributed by atoms with van der Waals surface area (Å²) in [6.45, 7) is 0.218. The monoisotopic (exact) mass is 294 g/mol. The van der Waals surface area contributed by atoms with E-state index >= 15 is 0 Å². The molecule has 1 aromatic carbocycles. The fraction of sp³-hybridized carbons (Fsp3) is 0.357.